The number of carboxylic acid groups (broad SMARTS) is 1. The predicted molar refractivity (Wildman–Crippen MR) is 66.8 cm³/mol. The van der Waals surface area contributed by atoms with Crippen molar-refractivity contribution in [3.63, 3.8) is 0 Å². The molecule has 1 rings (SSSR count). The van der Waals surface area contributed by atoms with Gasteiger partial charge < -0.3 is 15.5 Å². The molecule has 0 bridgehead atoms. The van der Waals surface area contributed by atoms with E-state index in [0.29, 0.717) is 10.6 Å². The van der Waals surface area contributed by atoms with E-state index >= 15 is 0 Å². The molecule has 1 aromatic rings. The molecule has 6 heteroatoms. The second-order valence-electron chi connectivity index (χ2n) is 3.84. The van der Waals surface area contributed by atoms with Crippen LogP contribution < -0.4 is 5.32 Å². The molecule has 3 N–H and O–H groups in total. The number of carbonyl (C=O) groups excluding carboxylic acids is 1. The third-order valence-electron chi connectivity index (χ3n) is 2.44. The van der Waals surface area contributed by atoms with Crippen LogP contribution in [0.25, 0.3) is 0 Å². The van der Waals surface area contributed by atoms with Crippen LogP contribution >= 0.6 is 11.6 Å². The Balaban J connectivity index is 2.80. The molecule has 0 spiro atoms. The summed E-state index contributed by atoms with van der Waals surface area (Å²) in [6.07, 6.45) is -0.0341. The minimum Gasteiger partial charge on any atom is -0.480 e. The lowest BCUT2D eigenvalue weighted by atomic mass is 10.1. The summed E-state index contributed by atoms with van der Waals surface area (Å²) in [5.74, 6) is -1.68. The van der Waals surface area contributed by atoms with Crippen LogP contribution in [0.4, 0.5) is 0 Å². The monoisotopic (exact) mass is 271 g/mol. The van der Waals surface area contributed by atoms with Gasteiger partial charge in [0.2, 0.25) is 0 Å². The van der Waals surface area contributed by atoms with E-state index in [-0.39, 0.29) is 13.0 Å². The molecule has 0 heterocycles. The Bertz CT molecular complexity index is 461. The van der Waals surface area contributed by atoms with E-state index in [0.717, 1.165) is 5.56 Å². The van der Waals surface area contributed by atoms with Crippen LogP contribution in [-0.2, 0) is 4.79 Å². The highest BCUT2D eigenvalue weighted by Gasteiger charge is 2.20. The van der Waals surface area contributed by atoms with Crippen molar-refractivity contribution < 1.29 is 19.8 Å². The third kappa shape index (κ3) is 3.72. The number of aliphatic hydroxyl groups excluding tert-OH is 1. The molecule has 1 amide bonds. The molecule has 0 fully saturated rings. The molecule has 0 aliphatic rings. The summed E-state index contributed by atoms with van der Waals surface area (Å²) in [5.41, 5.74) is 1.07. The Labute approximate surface area is 109 Å². The number of hydrogen-bond donors (Lipinski definition) is 3. The van der Waals surface area contributed by atoms with Crippen molar-refractivity contribution in [1.29, 1.82) is 0 Å². The average molecular weight is 272 g/mol. The summed E-state index contributed by atoms with van der Waals surface area (Å²) in [6, 6.07) is 3.57. The Morgan fingerprint density at radius 1 is 1.44 bits per heavy atom. The van der Waals surface area contributed by atoms with Gasteiger partial charge in [0, 0.05) is 23.6 Å². The fourth-order valence-corrected chi connectivity index (χ4v) is 1.53. The van der Waals surface area contributed by atoms with Crippen LogP contribution in [-0.4, -0.2) is 34.7 Å². The molecule has 0 aliphatic carbocycles. The molecule has 0 unspecified atom stereocenters. The number of nitrogens with one attached hydrogen (secondary N) is 1. The minimum absolute atomic E-state index is 0.0341. The fraction of sp³-hybridized carbons (Fsp3) is 0.333. The van der Waals surface area contributed by atoms with Crippen molar-refractivity contribution >= 4 is 23.5 Å². The number of aliphatic carboxylic acids is 1. The van der Waals surface area contributed by atoms with E-state index in [2.05, 4.69) is 5.32 Å². The summed E-state index contributed by atoms with van der Waals surface area (Å²) >= 11 is 5.83. The summed E-state index contributed by atoms with van der Waals surface area (Å²) in [4.78, 5) is 22.6. The first-order valence-corrected chi connectivity index (χ1v) is 5.74. The van der Waals surface area contributed by atoms with Crippen LogP contribution in [0.3, 0.4) is 0 Å². The second-order valence-corrected chi connectivity index (χ2v) is 4.25. The molecule has 0 aromatic heterocycles. The number of rotatable bonds is 5. The molecular weight excluding hydrogens is 258 g/mol. The van der Waals surface area contributed by atoms with Crippen molar-refractivity contribution in [2.75, 3.05) is 6.61 Å². The lowest BCUT2D eigenvalue weighted by Crippen LogP contribution is -2.41. The van der Waals surface area contributed by atoms with Crippen LogP contribution in [0.1, 0.15) is 22.3 Å². The topological polar surface area (TPSA) is 86.6 Å². The van der Waals surface area contributed by atoms with Gasteiger partial charge in [0.05, 0.1) is 0 Å². The van der Waals surface area contributed by atoms with Crippen molar-refractivity contribution in [3.8, 4) is 0 Å². The van der Waals surface area contributed by atoms with E-state index in [1.165, 1.54) is 6.07 Å². The number of aliphatic hydroxyl groups is 1. The zero-order chi connectivity index (χ0) is 13.7. The number of amides is 1. The van der Waals surface area contributed by atoms with Gasteiger partial charge in [-0.05, 0) is 30.7 Å². The largest absolute Gasteiger partial charge is 0.480 e. The highest BCUT2D eigenvalue weighted by molar-refractivity contribution is 6.31. The maximum Gasteiger partial charge on any atom is 0.326 e. The van der Waals surface area contributed by atoms with Crippen molar-refractivity contribution in [3.05, 3.63) is 34.3 Å². The Hall–Kier alpha value is -1.59. The van der Waals surface area contributed by atoms with Gasteiger partial charge in [0.15, 0.2) is 0 Å². The van der Waals surface area contributed by atoms with E-state index in [4.69, 9.17) is 21.8 Å². The van der Waals surface area contributed by atoms with Gasteiger partial charge in [0.1, 0.15) is 6.04 Å². The first-order chi connectivity index (χ1) is 8.45. The average Bonchev–Trinajstić information content (AvgIpc) is 2.31. The Morgan fingerprint density at radius 3 is 2.61 bits per heavy atom. The number of aryl methyl sites for hydroxylation is 1. The van der Waals surface area contributed by atoms with Crippen LogP contribution in [0.2, 0.25) is 5.02 Å². The summed E-state index contributed by atoms with van der Waals surface area (Å²) in [5, 5.41) is 20.4. The highest BCUT2D eigenvalue weighted by atomic mass is 35.5. The maximum atomic E-state index is 11.8. The number of halogens is 1. The van der Waals surface area contributed by atoms with Crippen molar-refractivity contribution in [2.24, 2.45) is 0 Å². The van der Waals surface area contributed by atoms with Crippen LogP contribution in [0.15, 0.2) is 18.2 Å². The second kappa shape index (κ2) is 6.37. The summed E-state index contributed by atoms with van der Waals surface area (Å²) in [6.45, 7) is 1.44. The smallest absolute Gasteiger partial charge is 0.326 e. The molecule has 0 saturated heterocycles. The van der Waals surface area contributed by atoms with Gasteiger partial charge in [-0.2, -0.15) is 0 Å². The molecule has 0 saturated carbocycles. The number of carboxylic acids is 1. The van der Waals surface area contributed by atoms with E-state index in [9.17, 15) is 9.59 Å². The Morgan fingerprint density at radius 2 is 2.11 bits per heavy atom. The SMILES string of the molecule is Cc1cc(C(=O)N[C@@H](CCO)C(=O)O)ccc1Cl. The van der Waals surface area contributed by atoms with Crippen LogP contribution in [0.5, 0.6) is 0 Å². The molecule has 18 heavy (non-hydrogen) atoms. The van der Waals surface area contributed by atoms with Crippen molar-refractivity contribution in [1.82, 2.24) is 5.32 Å². The molecule has 0 aliphatic heterocycles. The molecule has 1 aromatic carbocycles. The number of hydrogen-bond acceptors (Lipinski definition) is 3. The van der Waals surface area contributed by atoms with E-state index < -0.39 is 17.9 Å². The number of carbonyl (C=O) groups is 2. The van der Waals surface area contributed by atoms with Gasteiger partial charge >= 0.3 is 5.97 Å². The van der Waals surface area contributed by atoms with Crippen LogP contribution in [0, 0.1) is 6.92 Å². The van der Waals surface area contributed by atoms with Gasteiger partial charge in [-0.1, -0.05) is 11.6 Å². The summed E-state index contributed by atoms with van der Waals surface area (Å²) in [7, 11) is 0. The molecule has 0 radical (unpaired) electrons. The zero-order valence-corrected chi connectivity index (χ0v) is 10.6. The highest BCUT2D eigenvalue weighted by Crippen LogP contribution is 2.16. The van der Waals surface area contributed by atoms with Gasteiger partial charge in [-0.25, -0.2) is 4.79 Å². The standard InChI is InChI=1S/C12H14ClNO4/c1-7-6-8(2-3-9(7)13)11(16)14-10(4-5-15)12(17)18/h2-3,6,10,15H,4-5H2,1H3,(H,14,16)(H,17,18)/t10-/m0/s1. The molecule has 5 nitrogen and oxygen atoms in total. The van der Waals surface area contributed by atoms with E-state index in [1.54, 1.807) is 19.1 Å². The van der Waals surface area contributed by atoms with Crippen molar-refractivity contribution in [2.45, 2.75) is 19.4 Å². The summed E-state index contributed by atoms with van der Waals surface area (Å²) < 4.78 is 0. The first kappa shape index (κ1) is 14.5. The number of benzene rings is 1. The molecule has 98 valence electrons. The van der Waals surface area contributed by atoms with E-state index in [1.807, 2.05) is 0 Å². The maximum absolute atomic E-state index is 11.8. The predicted octanol–water partition coefficient (Wildman–Crippen LogP) is 1.21. The lowest BCUT2D eigenvalue weighted by Gasteiger charge is -2.13. The normalized spacial score (nSPS) is 11.9. The zero-order valence-electron chi connectivity index (χ0n) is 9.81. The Kier molecular flexibility index (Phi) is 5.12. The minimum atomic E-state index is -1.18. The quantitative estimate of drug-likeness (QED) is 0.751. The fourth-order valence-electron chi connectivity index (χ4n) is 1.41. The third-order valence-corrected chi connectivity index (χ3v) is 2.87. The van der Waals surface area contributed by atoms with Gasteiger partial charge in [-0.15, -0.1) is 0 Å². The molecular formula is C12H14ClNO4. The van der Waals surface area contributed by atoms with Gasteiger partial charge in [-0.3, -0.25) is 4.79 Å². The lowest BCUT2D eigenvalue weighted by molar-refractivity contribution is -0.139. The molecule has 1 atom stereocenters. The van der Waals surface area contributed by atoms with Gasteiger partial charge in [0.25, 0.3) is 5.91 Å². The first-order valence-electron chi connectivity index (χ1n) is 5.36.